The van der Waals surface area contributed by atoms with Gasteiger partial charge in [0, 0.05) is 19.0 Å². The first-order valence-electron chi connectivity index (χ1n) is 6.38. The molecular weight excluding hydrogens is 246 g/mol. The van der Waals surface area contributed by atoms with Gasteiger partial charge in [-0.3, -0.25) is 14.6 Å². The molecule has 0 aliphatic carbocycles. The lowest BCUT2D eigenvalue weighted by Crippen LogP contribution is -2.14. The Kier molecular flexibility index (Phi) is 3.94. The van der Waals surface area contributed by atoms with Crippen LogP contribution < -0.4 is 5.56 Å². The summed E-state index contributed by atoms with van der Waals surface area (Å²) in [6.45, 7) is 6.38. The Morgan fingerprint density at radius 1 is 1.32 bits per heavy atom. The van der Waals surface area contributed by atoms with E-state index in [4.69, 9.17) is 4.52 Å². The molecule has 1 N–H and O–H groups in total. The van der Waals surface area contributed by atoms with Crippen LogP contribution in [-0.4, -0.2) is 14.9 Å². The molecule has 0 saturated carbocycles. The first-order chi connectivity index (χ1) is 9.19. The van der Waals surface area contributed by atoms with Gasteiger partial charge in [-0.25, -0.2) is 0 Å². The standard InChI is InChI=1S/C12H17N5O2/c1-4-8-7-10(16-19-8)13-14-11-9(5-2)15-17(6-3)12(11)18/h7,15H,4-6H2,1-3H3. The molecule has 0 unspecified atom stereocenters. The minimum atomic E-state index is -0.165. The third-order valence-corrected chi connectivity index (χ3v) is 2.82. The molecule has 2 aromatic rings. The van der Waals surface area contributed by atoms with Crippen LogP contribution in [0.25, 0.3) is 0 Å². The molecule has 102 valence electrons. The van der Waals surface area contributed by atoms with Gasteiger partial charge in [-0.1, -0.05) is 19.0 Å². The molecule has 0 amide bonds. The Morgan fingerprint density at radius 3 is 2.68 bits per heavy atom. The first kappa shape index (κ1) is 13.3. The fourth-order valence-corrected chi connectivity index (χ4v) is 1.71. The van der Waals surface area contributed by atoms with E-state index in [1.54, 1.807) is 6.07 Å². The van der Waals surface area contributed by atoms with E-state index in [-0.39, 0.29) is 5.56 Å². The van der Waals surface area contributed by atoms with Crippen LogP contribution in [0.15, 0.2) is 25.6 Å². The Hall–Kier alpha value is -2.18. The maximum Gasteiger partial charge on any atom is 0.294 e. The average Bonchev–Trinajstić information content (AvgIpc) is 3.00. The topological polar surface area (TPSA) is 88.5 Å². The van der Waals surface area contributed by atoms with Crippen molar-refractivity contribution >= 4 is 11.5 Å². The van der Waals surface area contributed by atoms with Crippen LogP contribution in [0.4, 0.5) is 11.5 Å². The van der Waals surface area contributed by atoms with Gasteiger partial charge < -0.3 is 4.52 Å². The first-order valence-corrected chi connectivity index (χ1v) is 6.38. The summed E-state index contributed by atoms with van der Waals surface area (Å²) in [6.07, 6.45) is 1.44. The SMILES string of the molecule is CCc1cc(N=Nc2c(CC)[nH]n(CC)c2=O)no1. The van der Waals surface area contributed by atoms with Crippen LogP contribution in [0.5, 0.6) is 0 Å². The molecular formula is C12H17N5O2. The maximum absolute atomic E-state index is 12.0. The molecule has 0 aliphatic heterocycles. The molecule has 0 bridgehead atoms. The molecule has 0 aromatic carbocycles. The Labute approximate surface area is 110 Å². The maximum atomic E-state index is 12.0. The summed E-state index contributed by atoms with van der Waals surface area (Å²) < 4.78 is 6.53. The molecule has 0 radical (unpaired) electrons. The van der Waals surface area contributed by atoms with Crippen LogP contribution in [0, 0.1) is 0 Å². The van der Waals surface area contributed by atoms with Gasteiger partial charge in [0.05, 0.1) is 5.69 Å². The summed E-state index contributed by atoms with van der Waals surface area (Å²) in [4.78, 5) is 12.0. The van der Waals surface area contributed by atoms with E-state index in [0.717, 1.165) is 17.9 Å². The van der Waals surface area contributed by atoms with Gasteiger partial charge in [0.15, 0.2) is 5.69 Å². The van der Waals surface area contributed by atoms with E-state index in [9.17, 15) is 4.79 Å². The van der Waals surface area contributed by atoms with Crippen molar-refractivity contribution in [3.63, 3.8) is 0 Å². The molecule has 7 nitrogen and oxygen atoms in total. The van der Waals surface area contributed by atoms with E-state index in [1.807, 2.05) is 20.8 Å². The highest BCUT2D eigenvalue weighted by Gasteiger charge is 2.11. The van der Waals surface area contributed by atoms with E-state index >= 15 is 0 Å². The van der Waals surface area contributed by atoms with Gasteiger partial charge in [0.25, 0.3) is 5.56 Å². The number of nitrogens with one attached hydrogen (secondary N) is 1. The van der Waals surface area contributed by atoms with Crippen LogP contribution >= 0.6 is 0 Å². The van der Waals surface area contributed by atoms with Crippen molar-refractivity contribution in [3.8, 4) is 0 Å². The zero-order chi connectivity index (χ0) is 13.8. The van der Waals surface area contributed by atoms with Crippen molar-refractivity contribution in [1.82, 2.24) is 14.9 Å². The molecule has 0 spiro atoms. The predicted molar refractivity (Wildman–Crippen MR) is 70.2 cm³/mol. The highest BCUT2D eigenvalue weighted by atomic mass is 16.5. The second-order valence-corrected chi connectivity index (χ2v) is 4.05. The highest BCUT2D eigenvalue weighted by molar-refractivity contribution is 5.40. The van der Waals surface area contributed by atoms with E-state index < -0.39 is 0 Å². The molecule has 0 saturated heterocycles. The lowest BCUT2D eigenvalue weighted by atomic mass is 10.3. The Balaban J connectivity index is 2.32. The van der Waals surface area contributed by atoms with Gasteiger partial charge in [-0.05, 0) is 13.3 Å². The number of hydrogen-bond acceptors (Lipinski definition) is 5. The predicted octanol–water partition coefficient (Wildman–Crippen LogP) is 2.72. The number of azo groups is 1. The Morgan fingerprint density at radius 2 is 2.11 bits per heavy atom. The minimum Gasteiger partial charge on any atom is -0.359 e. The summed E-state index contributed by atoms with van der Waals surface area (Å²) >= 11 is 0. The largest absolute Gasteiger partial charge is 0.359 e. The van der Waals surface area contributed by atoms with Crippen LogP contribution in [0.1, 0.15) is 32.2 Å². The summed E-state index contributed by atoms with van der Waals surface area (Å²) in [5, 5.41) is 14.7. The quantitative estimate of drug-likeness (QED) is 0.841. The lowest BCUT2D eigenvalue weighted by Gasteiger charge is -1.92. The van der Waals surface area contributed by atoms with Crippen LogP contribution in [0.3, 0.4) is 0 Å². The van der Waals surface area contributed by atoms with E-state index in [1.165, 1.54) is 4.68 Å². The van der Waals surface area contributed by atoms with Gasteiger partial charge in [0.2, 0.25) is 5.82 Å². The minimum absolute atomic E-state index is 0.165. The number of aromatic nitrogens is 3. The number of rotatable bonds is 5. The number of nitrogens with zero attached hydrogens (tertiary/aromatic N) is 4. The molecule has 7 heteroatoms. The van der Waals surface area contributed by atoms with Gasteiger partial charge >= 0.3 is 0 Å². The van der Waals surface area contributed by atoms with Gasteiger partial charge in [-0.2, -0.15) is 0 Å². The molecule has 19 heavy (non-hydrogen) atoms. The zero-order valence-electron chi connectivity index (χ0n) is 11.3. The number of aromatic amines is 1. The third-order valence-electron chi connectivity index (χ3n) is 2.82. The molecule has 2 aromatic heterocycles. The summed E-state index contributed by atoms with van der Waals surface area (Å²) in [7, 11) is 0. The van der Waals surface area contributed by atoms with Crippen molar-refractivity contribution in [3.05, 3.63) is 27.9 Å². The molecule has 2 heterocycles. The highest BCUT2D eigenvalue weighted by Crippen LogP contribution is 2.18. The smallest absolute Gasteiger partial charge is 0.294 e. The number of aryl methyl sites for hydroxylation is 3. The molecule has 0 fully saturated rings. The summed E-state index contributed by atoms with van der Waals surface area (Å²) in [5.74, 6) is 1.12. The van der Waals surface area contributed by atoms with E-state index in [0.29, 0.717) is 24.5 Å². The second-order valence-electron chi connectivity index (χ2n) is 4.05. The zero-order valence-corrected chi connectivity index (χ0v) is 11.3. The average molecular weight is 263 g/mol. The van der Waals surface area contributed by atoms with Crippen molar-refractivity contribution < 1.29 is 4.52 Å². The fourth-order valence-electron chi connectivity index (χ4n) is 1.71. The van der Waals surface area contributed by atoms with Crippen LogP contribution in [0.2, 0.25) is 0 Å². The summed E-state index contributed by atoms with van der Waals surface area (Å²) in [5.41, 5.74) is 0.947. The van der Waals surface area contributed by atoms with Gasteiger partial charge in [0.1, 0.15) is 5.76 Å². The molecule has 0 atom stereocenters. The second kappa shape index (κ2) is 5.64. The normalized spacial score (nSPS) is 11.5. The molecule has 2 rings (SSSR count). The third kappa shape index (κ3) is 2.64. The Bertz CT molecular complexity index is 635. The number of hydrogen-bond donors (Lipinski definition) is 1. The summed E-state index contributed by atoms with van der Waals surface area (Å²) in [6, 6.07) is 1.71. The van der Waals surface area contributed by atoms with E-state index in [2.05, 4.69) is 20.5 Å². The van der Waals surface area contributed by atoms with Crippen molar-refractivity contribution in [2.24, 2.45) is 10.2 Å². The lowest BCUT2D eigenvalue weighted by molar-refractivity contribution is 0.388. The molecule has 0 aliphatic rings. The van der Waals surface area contributed by atoms with Crippen LogP contribution in [-0.2, 0) is 19.4 Å². The fraction of sp³-hybridized carbons (Fsp3) is 0.500. The van der Waals surface area contributed by atoms with Crippen molar-refractivity contribution in [2.75, 3.05) is 0 Å². The van der Waals surface area contributed by atoms with Crippen molar-refractivity contribution in [2.45, 2.75) is 40.2 Å². The van der Waals surface area contributed by atoms with Gasteiger partial charge in [-0.15, -0.1) is 10.2 Å². The van der Waals surface area contributed by atoms with Crippen molar-refractivity contribution in [1.29, 1.82) is 0 Å². The monoisotopic (exact) mass is 263 g/mol. The number of H-pyrrole nitrogens is 1.